The van der Waals surface area contributed by atoms with Gasteiger partial charge in [-0.05, 0) is 25.3 Å². The van der Waals surface area contributed by atoms with Crippen LogP contribution in [-0.2, 0) is 30.4 Å². The van der Waals surface area contributed by atoms with Crippen molar-refractivity contribution in [1.29, 1.82) is 0 Å². The molecule has 1 fully saturated rings. The number of carboxylic acids is 1. The van der Waals surface area contributed by atoms with E-state index in [2.05, 4.69) is 31.2 Å². The number of nitrogens with two attached hydrogens (primary N) is 1. The minimum atomic E-state index is -1.27. The lowest BCUT2D eigenvalue weighted by Gasteiger charge is -2.26. The van der Waals surface area contributed by atoms with E-state index in [-0.39, 0.29) is 6.42 Å². The van der Waals surface area contributed by atoms with Gasteiger partial charge in [0.15, 0.2) is 0 Å². The topological polar surface area (TPSA) is 208 Å². The fraction of sp³-hybridized carbons (Fsp3) is 0.600. The van der Waals surface area contributed by atoms with E-state index < -0.39 is 66.1 Å². The normalized spacial score (nSPS) is 18.2. The van der Waals surface area contributed by atoms with Crippen molar-refractivity contribution >= 4 is 29.6 Å². The molecule has 182 valence electrons. The summed E-state index contributed by atoms with van der Waals surface area (Å²) in [5.74, 6) is -4.40. The maximum absolute atomic E-state index is 12.9. The molecule has 33 heavy (non-hydrogen) atoms. The van der Waals surface area contributed by atoms with E-state index in [1.807, 2.05) is 0 Å². The summed E-state index contributed by atoms with van der Waals surface area (Å²) in [5, 5.41) is 19.9. The highest BCUT2D eigenvalue weighted by molar-refractivity contribution is 5.96. The van der Waals surface area contributed by atoms with Crippen molar-refractivity contribution in [3.05, 3.63) is 18.2 Å². The zero-order valence-corrected chi connectivity index (χ0v) is 18.6. The number of amides is 4. The summed E-state index contributed by atoms with van der Waals surface area (Å²) in [6.45, 7) is 4.00. The van der Waals surface area contributed by atoms with Gasteiger partial charge < -0.3 is 37.1 Å². The molecule has 0 radical (unpaired) electrons. The largest absolute Gasteiger partial charge is 0.480 e. The second-order valence-electron chi connectivity index (χ2n) is 8.29. The van der Waals surface area contributed by atoms with Gasteiger partial charge in [-0.25, -0.2) is 9.78 Å². The molecule has 0 saturated carbocycles. The lowest BCUT2D eigenvalue weighted by atomic mass is 10.0. The van der Waals surface area contributed by atoms with E-state index in [0.29, 0.717) is 18.7 Å². The maximum atomic E-state index is 12.9. The SMILES string of the molecule is CC(C)C(NC(=O)C(CC(N)=O)NC(=O)C1CCCN1)C(=O)NC(Cc1cnc[nH]1)C(=O)O. The fourth-order valence-electron chi connectivity index (χ4n) is 3.46. The number of carbonyl (C=O) groups is 5. The number of carbonyl (C=O) groups excluding carboxylic acids is 4. The molecule has 4 amide bonds. The predicted octanol–water partition coefficient (Wildman–Crippen LogP) is -2.23. The quantitative estimate of drug-likeness (QED) is 0.179. The van der Waals surface area contributed by atoms with Gasteiger partial charge in [0.1, 0.15) is 18.1 Å². The van der Waals surface area contributed by atoms with Gasteiger partial charge >= 0.3 is 5.97 Å². The van der Waals surface area contributed by atoms with Gasteiger partial charge in [-0.2, -0.15) is 0 Å². The van der Waals surface area contributed by atoms with Crippen LogP contribution >= 0.6 is 0 Å². The van der Waals surface area contributed by atoms with Gasteiger partial charge in [0.2, 0.25) is 23.6 Å². The minimum absolute atomic E-state index is 0.0332. The molecular formula is C20H31N7O6. The molecule has 13 nitrogen and oxygen atoms in total. The number of hydrogen-bond donors (Lipinski definition) is 7. The number of nitrogens with one attached hydrogen (secondary N) is 5. The Kier molecular flexibility index (Phi) is 9.33. The second-order valence-corrected chi connectivity index (χ2v) is 8.29. The third kappa shape index (κ3) is 7.86. The van der Waals surface area contributed by atoms with Gasteiger partial charge in [0.05, 0.1) is 18.8 Å². The van der Waals surface area contributed by atoms with Crippen LogP contribution in [0, 0.1) is 5.92 Å². The molecule has 1 aliphatic rings. The van der Waals surface area contributed by atoms with Crippen molar-refractivity contribution in [2.75, 3.05) is 6.54 Å². The molecule has 0 spiro atoms. The predicted molar refractivity (Wildman–Crippen MR) is 115 cm³/mol. The third-order valence-corrected chi connectivity index (χ3v) is 5.26. The molecule has 13 heteroatoms. The van der Waals surface area contributed by atoms with Crippen LogP contribution in [0.15, 0.2) is 12.5 Å². The van der Waals surface area contributed by atoms with Crippen molar-refractivity contribution in [2.45, 2.75) is 63.7 Å². The van der Waals surface area contributed by atoms with Gasteiger partial charge in [0, 0.05) is 18.3 Å². The van der Waals surface area contributed by atoms with E-state index >= 15 is 0 Å². The van der Waals surface area contributed by atoms with Crippen LogP contribution in [-0.4, -0.2) is 75.4 Å². The molecule has 1 saturated heterocycles. The van der Waals surface area contributed by atoms with E-state index in [4.69, 9.17) is 5.73 Å². The van der Waals surface area contributed by atoms with E-state index in [9.17, 15) is 29.1 Å². The van der Waals surface area contributed by atoms with Crippen LogP contribution < -0.4 is 27.0 Å². The van der Waals surface area contributed by atoms with E-state index in [0.717, 1.165) is 6.42 Å². The van der Waals surface area contributed by atoms with Crippen LogP contribution in [0.1, 0.15) is 38.8 Å². The Bertz CT molecular complexity index is 851. The van der Waals surface area contributed by atoms with Crippen LogP contribution in [0.25, 0.3) is 0 Å². The van der Waals surface area contributed by atoms with Gasteiger partial charge in [0.25, 0.3) is 0 Å². The molecule has 1 aromatic rings. The highest BCUT2D eigenvalue weighted by atomic mass is 16.4. The zero-order valence-electron chi connectivity index (χ0n) is 18.6. The maximum Gasteiger partial charge on any atom is 0.326 e. The zero-order chi connectivity index (χ0) is 24.5. The smallest absolute Gasteiger partial charge is 0.326 e. The third-order valence-electron chi connectivity index (χ3n) is 5.26. The minimum Gasteiger partial charge on any atom is -0.480 e. The Hall–Kier alpha value is -3.48. The van der Waals surface area contributed by atoms with Crippen molar-refractivity contribution in [1.82, 2.24) is 31.2 Å². The highest BCUT2D eigenvalue weighted by Crippen LogP contribution is 2.08. The average molecular weight is 466 g/mol. The van der Waals surface area contributed by atoms with Crippen molar-refractivity contribution in [3.8, 4) is 0 Å². The number of aromatic amines is 1. The molecule has 2 rings (SSSR count). The highest BCUT2D eigenvalue weighted by Gasteiger charge is 2.33. The number of aliphatic carboxylic acids is 1. The Balaban J connectivity index is 2.07. The number of hydrogen-bond acceptors (Lipinski definition) is 7. The number of imidazole rings is 1. The molecule has 2 heterocycles. The molecule has 0 bridgehead atoms. The first-order chi connectivity index (χ1) is 15.6. The Morgan fingerprint density at radius 1 is 1.15 bits per heavy atom. The molecule has 1 aliphatic heterocycles. The summed E-state index contributed by atoms with van der Waals surface area (Å²) < 4.78 is 0. The first kappa shape index (κ1) is 25.8. The summed E-state index contributed by atoms with van der Waals surface area (Å²) in [5.41, 5.74) is 5.75. The summed E-state index contributed by atoms with van der Waals surface area (Å²) in [6.07, 6.45) is 3.76. The van der Waals surface area contributed by atoms with Gasteiger partial charge in [-0.15, -0.1) is 0 Å². The first-order valence-electron chi connectivity index (χ1n) is 10.7. The number of rotatable bonds is 12. The van der Waals surface area contributed by atoms with Crippen LogP contribution in [0.4, 0.5) is 0 Å². The lowest BCUT2D eigenvalue weighted by molar-refractivity contribution is -0.142. The van der Waals surface area contributed by atoms with Crippen LogP contribution in [0.5, 0.6) is 0 Å². The summed E-state index contributed by atoms with van der Waals surface area (Å²) in [7, 11) is 0. The van der Waals surface area contributed by atoms with E-state index in [1.165, 1.54) is 12.5 Å². The van der Waals surface area contributed by atoms with Crippen LogP contribution in [0.3, 0.4) is 0 Å². The van der Waals surface area contributed by atoms with Crippen molar-refractivity contribution in [2.24, 2.45) is 11.7 Å². The number of nitrogens with zero attached hydrogens (tertiary/aromatic N) is 1. The number of H-pyrrole nitrogens is 1. The first-order valence-corrected chi connectivity index (χ1v) is 10.7. The van der Waals surface area contributed by atoms with Crippen molar-refractivity contribution in [3.63, 3.8) is 0 Å². The average Bonchev–Trinajstić information content (AvgIpc) is 3.44. The lowest BCUT2D eigenvalue weighted by Crippen LogP contribution is -2.59. The number of aromatic nitrogens is 2. The van der Waals surface area contributed by atoms with Gasteiger partial charge in [-0.3, -0.25) is 19.2 Å². The number of primary amides is 1. The molecule has 1 aromatic heterocycles. The summed E-state index contributed by atoms with van der Waals surface area (Å²) >= 11 is 0. The molecule has 8 N–H and O–H groups in total. The standard InChI is InChI=1S/C20H31N7O6/c1-10(2)16(19(31)26-14(20(32)33)6-11-8-22-9-24-11)27-18(30)13(7-15(21)28)25-17(29)12-4-3-5-23-12/h8-10,12-14,16,23H,3-7H2,1-2H3,(H2,21,28)(H,22,24)(H,25,29)(H,26,31)(H,27,30)(H,32,33). The van der Waals surface area contributed by atoms with Crippen molar-refractivity contribution < 1.29 is 29.1 Å². The summed E-state index contributed by atoms with van der Waals surface area (Å²) in [6, 6.07) is -4.12. The van der Waals surface area contributed by atoms with E-state index in [1.54, 1.807) is 13.8 Å². The Morgan fingerprint density at radius 2 is 1.88 bits per heavy atom. The molecule has 4 atom stereocenters. The molecular weight excluding hydrogens is 434 g/mol. The Morgan fingerprint density at radius 3 is 2.39 bits per heavy atom. The molecule has 0 aromatic carbocycles. The second kappa shape index (κ2) is 11.9. The fourth-order valence-corrected chi connectivity index (χ4v) is 3.46. The number of carboxylic acid groups (broad SMARTS) is 1. The van der Waals surface area contributed by atoms with Gasteiger partial charge in [-0.1, -0.05) is 13.8 Å². The van der Waals surface area contributed by atoms with Crippen LogP contribution in [0.2, 0.25) is 0 Å². The summed E-state index contributed by atoms with van der Waals surface area (Å²) in [4.78, 5) is 67.8. The monoisotopic (exact) mass is 465 g/mol. The Labute approximate surface area is 190 Å². The molecule has 4 unspecified atom stereocenters. The molecule has 0 aliphatic carbocycles.